The van der Waals surface area contributed by atoms with E-state index in [2.05, 4.69) is 5.32 Å². The van der Waals surface area contributed by atoms with Crippen molar-refractivity contribution in [1.29, 1.82) is 0 Å². The fourth-order valence-electron chi connectivity index (χ4n) is 5.04. The summed E-state index contributed by atoms with van der Waals surface area (Å²) in [6.45, 7) is 0.957. The molecule has 2 aromatic carbocycles. The summed E-state index contributed by atoms with van der Waals surface area (Å²) in [7, 11) is 3.19. The molecule has 2 aliphatic rings. The quantitative estimate of drug-likeness (QED) is 0.659. The second kappa shape index (κ2) is 9.81. The Balaban J connectivity index is 1.38. The maximum atomic E-state index is 13.4. The molecule has 0 aromatic heterocycles. The van der Waals surface area contributed by atoms with Gasteiger partial charge in [-0.25, -0.2) is 4.39 Å². The highest BCUT2D eigenvalue weighted by molar-refractivity contribution is 5.89. The molecule has 2 fully saturated rings. The summed E-state index contributed by atoms with van der Waals surface area (Å²) in [4.78, 5) is 27.6. The molecule has 1 unspecified atom stereocenters. The first-order chi connectivity index (χ1) is 15.9. The zero-order chi connectivity index (χ0) is 23.4. The van der Waals surface area contributed by atoms with Gasteiger partial charge >= 0.3 is 0 Å². The molecule has 1 saturated heterocycles. The molecular formula is C26H31FN2O4. The number of amides is 2. The Hall–Kier alpha value is -3.09. The fourth-order valence-corrected chi connectivity index (χ4v) is 5.04. The van der Waals surface area contributed by atoms with E-state index in [1.54, 1.807) is 31.3 Å². The van der Waals surface area contributed by atoms with Crippen molar-refractivity contribution in [3.8, 4) is 11.5 Å². The minimum atomic E-state index is -0.471. The van der Waals surface area contributed by atoms with Gasteiger partial charge < -0.3 is 19.7 Å². The van der Waals surface area contributed by atoms with Gasteiger partial charge in [0, 0.05) is 19.5 Å². The number of likely N-dealkylation sites (tertiary alicyclic amines) is 1. The van der Waals surface area contributed by atoms with Crippen LogP contribution in [0.15, 0.2) is 42.5 Å². The predicted octanol–water partition coefficient (Wildman–Crippen LogP) is 3.82. The van der Waals surface area contributed by atoms with E-state index >= 15 is 0 Å². The number of ether oxygens (including phenoxy) is 2. The van der Waals surface area contributed by atoms with Gasteiger partial charge in [-0.1, -0.05) is 31.0 Å². The minimum absolute atomic E-state index is 0.00196. The molecule has 7 heteroatoms. The van der Waals surface area contributed by atoms with Gasteiger partial charge in [-0.15, -0.1) is 0 Å². The summed E-state index contributed by atoms with van der Waals surface area (Å²) in [5.41, 5.74) is 1.50. The Morgan fingerprint density at radius 1 is 1.09 bits per heavy atom. The number of halogens is 1. The van der Waals surface area contributed by atoms with Crippen LogP contribution in [0.25, 0.3) is 0 Å². The molecule has 0 radical (unpaired) electrons. The van der Waals surface area contributed by atoms with E-state index in [4.69, 9.17) is 9.47 Å². The van der Waals surface area contributed by atoms with Crippen molar-refractivity contribution in [1.82, 2.24) is 10.2 Å². The van der Waals surface area contributed by atoms with Gasteiger partial charge in [0.15, 0.2) is 11.5 Å². The molecule has 176 valence electrons. The van der Waals surface area contributed by atoms with Crippen molar-refractivity contribution in [3.05, 3.63) is 59.4 Å². The summed E-state index contributed by atoms with van der Waals surface area (Å²) in [5, 5.41) is 3.24. The average Bonchev–Trinajstić information content (AvgIpc) is 3.45. The fraction of sp³-hybridized carbons (Fsp3) is 0.462. The molecule has 1 N–H and O–H groups in total. The number of hydrogen-bond donors (Lipinski definition) is 1. The van der Waals surface area contributed by atoms with Crippen molar-refractivity contribution in [2.24, 2.45) is 5.92 Å². The molecule has 1 atom stereocenters. The van der Waals surface area contributed by atoms with Crippen LogP contribution in [0, 0.1) is 11.7 Å². The third-order valence-corrected chi connectivity index (χ3v) is 6.92. The van der Waals surface area contributed by atoms with Gasteiger partial charge in [0.25, 0.3) is 0 Å². The predicted molar refractivity (Wildman–Crippen MR) is 123 cm³/mol. The van der Waals surface area contributed by atoms with Crippen molar-refractivity contribution in [2.45, 2.75) is 44.1 Å². The second-order valence-electron chi connectivity index (χ2n) is 8.97. The van der Waals surface area contributed by atoms with Crippen LogP contribution in [0.5, 0.6) is 11.5 Å². The van der Waals surface area contributed by atoms with E-state index in [9.17, 15) is 14.0 Å². The molecular weight excluding hydrogens is 423 g/mol. The Morgan fingerprint density at radius 2 is 1.79 bits per heavy atom. The Bertz CT molecular complexity index is 1000. The van der Waals surface area contributed by atoms with E-state index in [-0.39, 0.29) is 30.0 Å². The Kier molecular flexibility index (Phi) is 6.86. The molecule has 0 bridgehead atoms. The normalized spacial score (nSPS) is 19.5. The molecule has 1 aliphatic carbocycles. The van der Waals surface area contributed by atoms with E-state index in [0.29, 0.717) is 31.0 Å². The van der Waals surface area contributed by atoms with E-state index in [1.165, 1.54) is 12.1 Å². The standard InChI is InChI=1S/C26H31FN2O4/c1-32-22-10-5-18(15-23(22)33-2)11-14-29-17-19(16-24(29)30)25(31)28-26(12-3-4-13-26)20-6-8-21(27)9-7-20/h5-10,15,19H,3-4,11-14,16-17H2,1-2H3,(H,28,31). The lowest BCUT2D eigenvalue weighted by Crippen LogP contribution is -2.47. The zero-order valence-corrected chi connectivity index (χ0v) is 19.2. The second-order valence-corrected chi connectivity index (χ2v) is 8.97. The number of hydrogen-bond acceptors (Lipinski definition) is 4. The molecule has 0 spiro atoms. The van der Waals surface area contributed by atoms with Crippen molar-refractivity contribution < 1.29 is 23.5 Å². The lowest BCUT2D eigenvalue weighted by molar-refractivity contribution is -0.129. The van der Waals surface area contributed by atoms with E-state index in [0.717, 1.165) is 36.8 Å². The van der Waals surface area contributed by atoms with Crippen LogP contribution in [0.3, 0.4) is 0 Å². The van der Waals surface area contributed by atoms with Crippen LogP contribution < -0.4 is 14.8 Å². The summed E-state index contributed by atoms with van der Waals surface area (Å²) >= 11 is 0. The highest BCUT2D eigenvalue weighted by Crippen LogP contribution is 2.39. The van der Waals surface area contributed by atoms with Gasteiger partial charge in [0.05, 0.1) is 25.7 Å². The number of carbonyl (C=O) groups is 2. The average molecular weight is 455 g/mol. The number of rotatable bonds is 8. The molecule has 33 heavy (non-hydrogen) atoms. The number of carbonyl (C=O) groups excluding carboxylic acids is 2. The third kappa shape index (κ3) is 4.97. The molecule has 2 amide bonds. The summed E-state index contributed by atoms with van der Waals surface area (Å²) in [5.74, 6) is 0.562. The van der Waals surface area contributed by atoms with Gasteiger partial charge in [-0.05, 0) is 54.7 Å². The van der Waals surface area contributed by atoms with Gasteiger partial charge in [0.1, 0.15) is 5.82 Å². The Morgan fingerprint density at radius 3 is 2.45 bits per heavy atom. The van der Waals surface area contributed by atoms with Gasteiger partial charge in [-0.3, -0.25) is 9.59 Å². The maximum absolute atomic E-state index is 13.4. The van der Waals surface area contributed by atoms with Crippen molar-refractivity contribution >= 4 is 11.8 Å². The number of methoxy groups -OCH3 is 2. The molecule has 6 nitrogen and oxygen atoms in total. The number of nitrogens with zero attached hydrogens (tertiary/aromatic N) is 1. The zero-order valence-electron chi connectivity index (χ0n) is 19.2. The first-order valence-electron chi connectivity index (χ1n) is 11.5. The minimum Gasteiger partial charge on any atom is -0.493 e. The van der Waals surface area contributed by atoms with E-state index < -0.39 is 5.54 Å². The molecule has 1 saturated carbocycles. The van der Waals surface area contributed by atoms with Crippen LogP contribution >= 0.6 is 0 Å². The summed E-state index contributed by atoms with van der Waals surface area (Å²) in [6.07, 6.45) is 4.57. The summed E-state index contributed by atoms with van der Waals surface area (Å²) < 4.78 is 24.1. The lowest BCUT2D eigenvalue weighted by atomic mass is 9.87. The monoisotopic (exact) mass is 454 g/mol. The van der Waals surface area contributed by atoms with Crippen molar-refractivity contribution in [2.75, 3.05) is 27.3 Å². The topological polar surface area (TPSA) is 67.9 Å². The number of benzene rings is 2. The van der Waals surface area contributed by atoms with Crippen molar-refractivity contribution in [3.63, 3.8) is 0 Å². The highest BCUT2D eigenvalue weighted by atomic mass is 19.1. The van der Waals surface area contributed by atoms with Crippen LogP contribution in [-0.2, 0) is 21.5 Å². The molecule has 1 aliphatic heterocycles. The van der Waals surface area contributed by atoms with Gasteiger partial charge in [0.2, 0.25) is 11.8 Å². The summed E-state index contributed by atoms with van der Waals surface area (Å²) in [6, 6.07) is 12.1. The largest absolute Gasteiger partial charge is 0.493 e. The maximum Gasteiger partial charge on any atom is 0.226 e. The molecule has 4 rings (SSSR count). The molecule has 1 heterocycles. The van der Waals surface area contributed by atoms with Crippen LogP contribution in [0.1, 0.15) is 43.2 Å². The number of nitrogens with one attached hydrogen (secondary N) is 1. The van der Waals surface area contributed by atoms with Crippen LogP contribution in [-0.4, -0.2) is 44.0 Å². The smallest absolute Gasteiger partial charge is 0.226 e. The van der Waals surface area contributed by atoms with Gasteiger partial charge in [-0.2, -0.15) is 0 Å². The van der Waals surface area contributed by atoms with Crippen LogP contribution in [0.2, 0.25) is 0 Å². The first-order valence-corrected chi connectivity index (χ1v) is 11.5. The first kappa shape index (κ1) is 23.1. The molecule has 2 aromatic rings. The van der Waals surface area contributed by atoms with Crippen LogP contribution in [0.4, 0.5) is 4.39 Å². The Labute approximate surface area is 194 Å². The highest BCUT2D eigenvalue weighted by Gasteiger charge is 2.41. The SMILES string of the molecule is COc1ccc(CCN2CC(C(=O)NC3(c4ccc(F)cc4)CCCC3)CC2=O)cc1OC. The van der Waals surface area contributed by atoms with E-state index in [1.807, 2.05) is 18.2 Å². The third-order valence-electron chi connectivity index (χ3n) is 6.92. The lowest BCUT2D eigenvalue weighted by Gasteiger charge is -2.32.